The highest BCUT2D eigenvalue weighted by Crippen LogP contribution is 2.28. The van der Waals surface area contributed by atoms with E-state index in [0.717, 1.165) is 16.2 Å². The fourth-order valence-corrected chi connectivity index (χ4v) is 5.17. The van der Waals surface area contributed by atoms with Gasteiger partial charge in [-0.05, 0) is 45.0 Å². The Bertz CT molecular complexity index is 813. The van der Waals surface area contributed by atoms with E-state index in [0.29, 0.717) is 16.4 Å². The quantitative estimate of drug-likeness (QED) is 0.756. The molecule has 0 bridgehead atoms. The van der Waals surface area contributed by atoms with Crippen LogP contribution in [0.5, 0.6) is 0 Å². The summed E-state index contributed by atoms with van der Waals surface area (Å²) in [7, 11) is -3.67. The van der Waals surface area contributed by atoms with Crippen LogP contribution in [-0.2, 0) is 14.8 Å². The first-order valence-corrected chi connectivity index (χ1v) is 9.83. The zero-order chi connectivity index (χ0) is 17.2. The zero-order valence-corrected chi connectivity index (χ0v) is 15.2. The first-order valence-electron chi connectivity index (χ1n) is 6.65. The lowest BCUT2D eigenvalue weighted by Crippen LogP contribution is -2.13. The molecule has 2 aromatic rings. The molecule has 1 atom stereocenters. The molecule has 23 heavy (non-hydrogen) atoms. The minimum atomic E-state index is -3.67. The summed E-state index contributed by atoms with van der Waals surface area (Å²) in [6, 6.07) is 6.59. The zero-order valence-electron chi connectivity index (χ0n) is 12.7. The van der Waals surface area contributed by atoms with Crippen LogP contribution >= 0.6 is 23.1 Å². The van der Waals surface area contributed by atoms with E-state index in [2.05, 4.69) is 9.71 Å². The first-order chi connectivity index (χ1) is 10.7. The van der Waals surface area contributed by atoms with Gasteiger partial charge in [-0.2, -0.15) is 0 Å². The number of carbonyl (C=O) groups is 1. The van der Waals surface area contributed by atoms with Crippen LogP contribution in [0, 0.1) is 13.8 Å². The maximum absolute atomic E-state index is 12.4. The number of anilines is 1. The maximum atomic E-state index is 12.4. The second-order valence-corrected chi connectivity index (χ2v) is 9.33. The van der Waals surface area contributed by atoms with Gasteiger partial charge < -0.3 is 5.11 Å². The molecule has 0 aliphatic heterocycles. The number of benzene rings is 1. The number of nitrogens with zero attached hydrogens (tertiary/aromatic N) is 1. The number of hydrogen-bond donors (Lipinski definition) is 2. The van der Waals surface area contributed by atoms with E-state index in [1.54, 1.807) is 45.0 Å². The molecule has 1 unspecified atom stereocenters. The molecule has 0 aliphatic carbocycles. The molecule has 0 aliphatic rings. The third kappa shape index (κ3) is 4.46. The molecule has 1 aromatic carbocycles. The van der Waals surface area contributed by atoms with Crippen molar-refractivity contribution in [3.05, 3.63) is 35.0 Å². The lowest BCUT2D eigenvalue weighted by atomic mass is 10.3. The number of thiazole rings is 1. The van der Waals surface area contributed by atoms with Crippen molar-refractivity contribution < 1.29 is 18.3 Å². The summed E-state index contributed by atoms with van der Waals surface area (Å²) < 4.78 is 27.4. The molecule has 6 nitrogen and oxygen atoms in total. The second-order valence-electron chi connectivity index (χ2n) is 4.83. The minimum absolute atomic E-state index is 0.202. The van der Waals surface area contributed by atoms with E-state index in [4.69, 9.17) is 5.11 Å². The standard InChI is InChI=1S/C14H16N2O4S3/c1-8-14(22-10(3)15-8)23(19,20)16-11-4-6-12(7-5-11)21-9(2)13(17)18/h4-7,9,16H,1-3H3,(H,17,18). The Balaban J connectivity index is 2.14. The number of hydrogen-bond acceptors (Lipinski definition) is 6. The maximum Gasteiger partial charge on any atom is 0.316 e. The lowest BCUT2D eigenvalue weighted by Gasteiger charge is -2.09. The van der Waals surface area contributed by atoms with Crippen LogP contribution in [0.15, 0.2) is 33.4 Å². The average molecular weight is 372 g/mol. The number of carboxylic acid groups (broad SMARTS) is 1. The largest absolute Gasteiger partial charge is 0.480 e. The molecule has 2 N–H and O–H groups in total. The summed E-state index contributed by atoms with van der Waals surface area (Å²) >= 11 is 2.32. The van der Waals surface area contributed by atoms with Crippen molar-refractivity contribution in [3.8, 4) is 0 Å². The van der Waals surface area contributed by atoms with Gasteiger partial charge in [0.05, 0.1) is 10.7 Å². The molecular formula is C14H16N2O4S3. The molecule has 0 fully saturated rings. The van der Waals surface area contributed by atoms with Gasteiger partial charge in [-0.25, -0.2) is 13.4 Å². The van der Waals surface area contributed by atoms with E-state index < -0.39 is 21.2 Å². The Morgan fingerprint density at radius 1 is 1.30 bits per heavy atom. The molecule has 0 spiro atoms. The Kier molecular flexibility index (Phi) is 5.33. The molecule has 9 heteroatoms. The molecule has 1 aromatic heterocycles. The van der Waals surface area contributed by atoms with Crippen LogP contribution in [-0.4, -0.2) is 29.7 Å². The highest BCUT2D eigenvalue weighted by atomic mass is 32.2. The average Bonchev–Trinajstić information content (AvgIpc) is 2.80. The van der Waals surface area contributed by atoms with Crippen molar-refractivity contribution in [2.45, 2.75) is 35.1 Å². The van der Waals surface area contributed by atoms with Crippen molar-refractivity contribution in [3.63, 3.8) is 0 Å². The van der Waals surface area contributed by atoms with Crippen LogP contribution in [0.4, 0.5) is 5.69 Å². The third-order valence-electron chi connectivity index (χ3n) is 2.87. The van der Waals surface area contributed by atoms with Gasteiger partial charge in [-0.3, -0.25) is 9.52 Å². The molecule has 124 valence electrons. The predicted molar refractivity (Wildman–Crippen MR) is 91.8 cm³/mol. The number of rotatable bonds is 6. The van der Waals surface area contributed by atoms with E-state index in [-0.39, 0.29) is 4.21 Å². The fourth-order valence-electron chi connectivity index (χ4n) is 1.82. The monoisotopic (exact) mass is 372 g/mol. The van der Waals surface area contributed by atoms with Gasteiger partial charge in [0.1, 0.15) is 5.25 Å². The lowest BCUT2D eigenvalue weighted by molar-refractivity contribution is -0.136. The van der Waals surface area contributed by atoms with Crippen molar-refractivity contribution in [2.24, 2.45) is 0 Å². The normalized spacial score (nSPS) is 12.8. The molecule has 0 saturated heterocycles. The molecule has 1 heterocycles. The van der Waals surface area contributed by atoms with Crippen LogP contribution in [0.25, 0.3) is 0 Å². The van der Waals surface area contributed by atoms with Crippen molar-refractivity contribution in [2.75, 3.05) is 4.72 Å². The molecule has 0 radical (unpaired) electrons. The Labute approximate surface area is 143 Å². The van der Waals surface area contributed by atoms with Crippen molar-refractivity contribution >= 4 is 44.8 Å². The summed E-state index contributed by atoms with van der Waals surface area (Å²) in [5.41, 5.74) is 0.894. The molecule has 0 saturated carbocycles. The van der Waals surface area contributed by atoms with Gasteiger partial charge in [0.2, 0.25) is 0 Å². The van der Waals surface area contributed by atoms with E-state index in [1.165, 1.54) is 11.8 Å². The highest BCUT2D eigenvalue weighted by Gasteiger charge is 2.21. The predicted octanol–water partition coefficient (Wildman–Crippen LogP) is 3.13. The van der Waals surface area contributed by atoms with E-state index >= 15 is 0 Å². The number of aromatic nitrogens is 1. The van der Waals surface area contributed by atoms with Gasteiger partial charge in [-0.1, -0.05) is 0 Å². The van der Waals surface area contributed by atoms with Crippen LogP contribution in [0.3, 0.4) is 0 Å². The Morgan fingerprint density at radius 2 is 1.91 bits per heavy atom. The number of aryl methyl sites for hydroxylation is 2. The molecule has 2 rings (SSSR count). The summed E-state index contributed by atoms with van der Waals surface area (Å²) in [5.74, 6) is -0.893. The minimum Gasteiger partial charge on any atom is -0.480 e. The summed E-state index contributed by atoms with van der Waals surface area (Å²) in [6.07, 6.45) is 0. The van der Waals surface area contributed by atoms with Crippen molar-refractivity contribution in [1.82, 2.24) is 4.98 Å². The SMILES string of the molecule is Cc1nc(C)c(S(=O)(=O)Nc2ccc(SC(C)C(=O)O)cc2)s1. The van der Waals surface area contributed by atoms with Gasteiger partial charge in [-0.15, -0.1) is 23.1 Å². The molecular weight excluding hydrogens is 356 g/mol. The smallest absolute Gasteiger partial charge is 0.316 e. The van der Waals surface area contributed by atoms with Crippen LogP contribution in [0.1, 0.15) is 17.6 Å². The van der Waals surface area contributed by atoms with Crippen LogP contribution < -0.4 is 4.72 Å². The van der Waals surface area contributed by atoms with Gasteiger partial charge in [0.25, 0.3) is 10.0 Å². The van der Waals surface area contributed by atoms with Crippen LogP contribution in [0.2, 0.25) is 0 Å². The first kappa shape index (κ1) is 17.8. The number of sulfonamides is 1. The van der Waals surface area contributed by atoms with Gasteiger partial charge in [0.15, 0.2) is 4.21 Å². The summed E-state index contributed by atoms with van der Waals surface area (Å²) in [5, 5.41) is 9.01. The molecule has 0 amide bonds. The van der Waals surface area contributed by atoms with Gasteiger partial charge in [0, 0.05) is 10.6 Å². The Morgan fingerprint density at radius 3 is 2.39 bits per heavy atom. The summed E-state index contributed by atoms with van der Waals surface area (Å²) in [6.45, 7) is 5.01. The van der Waals surface area contributed by atoms with Crippen molar-refractivity contribution in [1.29, 1.82) is 0 Å². The number of carboxylic acids is 1. The third-order valence-corrected chi connectivity index (χ3v) is 7.04. The van der Waals surface area contributed by atoms with E-state index in [1.807, 2.05) is 0 Å². The van der Waals surface area contributed by atoms with Gasteiger partial charge >= 0.3 is 5.97 Å². The topological polar surface area (TPSA) is 96.4 Å². The Hall–Kier alpha value is -1.58. The number of nitrogens with one attached hydrogen (secondary N) is 1. The number of aliphatic carboxylic acids is 1. The fraction of sp³-hybridized carbons (Fsp3) is 0.286. The summed E-state index contributed by atoms with van der Waals surface area (Å²) in [4.78, 5) is 15.7. The highest BCUT2D eigenvalue weighted by molar-refractivity contribution is 8.00. The van der Waals surface area contributed by atoms with E-state index in [9.17, 15) is 13.2 Å². The number of thioether (sulfide) groups is 1. The second kappa shape index (κ2) is 6.90.